The molecule has 0 aliphatic heterocycles. The van der Waals surface area contributed by atoms with Gasteiger partial charge >= 0.3 is 0 Å². The van der Waals surface area contributed by atoms with E-state index in [1.165, 1.54) is 6.07 Å². The molecule has 1 amide bonds. The predicted molar refractivity (Wildman–Crippen MR) is 116 cm³/mol. The van der Waals surface area contributed by atoms with Crippen molar-refractivity contribution in [3.63, 3.8) is 0 Å². The molecule has 3 aromatic rings. The molecule has 0 fully saturated rings. The summed E-state index contributed by atoms with van der Waals surface area (Å²) >= 11 is 0. The highest BCUT2D eigenvalue weighted by atomic mass is 32.2. The number of benzene rings is 2. The fraction of sp³-hybridized carbons (Fsp3) is 0.136. The first-order chi connectivity index (χ1) is 14.2. The minimum Gasteiger partial charge on any atom is -0.456 e. The van der Waals surface area contributed by atoms with Crippen LogP contribution in [0.4, 0.5) is 0 Å². The van der Waals surface area contributed by atoms with Gasteiger partial charge in [-0.1, -0.05) is 18.7 Å². The highest BCUT2D eigenvalue weighted by Gasteiger charge is 2.13. The Labute approximate surface area is 174 Å². The minimum atomic E-state index is -3.36. The van der Waals surface area contributed by atoms with E-state index in [9.17, 15) is 13.2 Å². The van der Waals surface area contributed by atoms with E-state index in [4.69, 9.17) is 10.1 Å². The second-order valence-electron chi connectivity index (χ2n) is 6.86. The summed E-state index contributed by atoms with van der Waals surface area (Å²) in [5, 5.41) is 10.2. The molecular weight excluding hydrogens is 402 g/mol. The van der Waals surface area contributed by atoms with Gasteiger partial charge in [0.2, 0.25) is 5.91 Å². The molecule has 0 aliphatic rings. The van der Waals surface area contributed by atoms with Crippen molar-refractivity contribution in [3.05, 3.63) is 72.1 Å². The monoisotopic (exact) mass is 423 g/mol. The number of rotatable bonds is 7. The molecule has 0 unspecified atom stereocenters. The summed E-state index contributed by atoms with van der Waals surface area (Å²) < 4.78 is 29.9. The van der Waals surface area contributed by atoms with Crippen LogP contribution in [0.15, 0.2) is 65.8 Å². The Morgan fingerprint density at radius 3 is 2.63 bits per heavy atom. The van der Waals surface area contributed by atoms with Crippen LogP contribution in [0.1, 0.15) is 11.1 Å². The van der Waals surface area contributed by atoms with Gasteiger partial charge in [-0.2, -0.15) is 0 Å². The highest BCUT2D eigenvalue weighted by molar-refractivity contribution is 7.90. The van der Waals surface area contributed by atoms with Gasteiger partial charge in [0.25, 0.3) is 0 Å². The van der Waals surface area contributed by atoms with Crippen LogP contribution in [-0.4, -0.2) is 31.8 Å². The van der Waals surface area contributed by atoms with E-state index >= 15 is 0 Å². The van der Waals surface area contributed by atoms with E-state index in [-0.39, 0.29) is 22.9 Å². The average Bonchev–Trinajstić information content (AvgIpc) is 2.69. The molecule has 3 rings (SSSR count). The van der Waals surface area contributed by atoms with E-state index in [1.807, 2.05) is 13.0 Å². The Morgan fingerprint density at radius 1 is 1.20 bits per heavy atom. The molecule has 0 saturated heterocycles. The number of amides is 1. The van der Waals surface area contributed by atoms with Crippen LogP contribution in [0.5, 0.6) is 11.5 Å². The first-order valence-corrected chi connectivity index (χ1v) is 10.9. The van der Waals surface area contributed by atoms with Crippen LogP contribution in [0.2, 0.25) is 0 Å². The number of aryl methyl sites for hydroxylation is 1. The van der Waals surface area contributed by atoms with E-state index in [0.717, 1.165) is 23.6 Å². The smallest absolute Gasteiger partial charge is 0.228 e. The van der Waals surface area contributed by atoms with Crippen molar-refractivity contribution in [1.82, 2.24) is 10.3 Å². The number of sulfone groups is 1. The first-order valence-electron chi connectivity index (χ1n) is 9.03. The largest absolute Gasteiger partial charge is 0.456 e. The third kappa shape index (κ3) is 4.90. The summed E-state index contributed by atoms with van der Waals surface area (Å²) in [6, 6.07) is 11.8. The number of ether oxygens (including phenoxy) is 1. The molecule has 0 radical (unpaired) electrons. The van der Waals surface area contributed by atoms with Crippen LogP contribution < -0.4 is 10.1 Å². The van der Waals surface area contributed by atoms with Crippen LogP contribution in [-0.2, 0) is 21.1 Å². The number of fused-ring (bicyclic) bond motifs is 1. The second kappa shape index (κ2) is 8.46. The summed E-state index contributed by atoms with van der Waals surface area (Å²) in [5.74, 6) is 0.812. The van der Waals surface area contributed by atoms with Crippen molar-refractivity contribution in [1.29, 1.82) is 5.41 Å². The average molecular weight is 423 g/mol. The zero-order chi connectivity index (χ0) is 21.9. The summed E-state index contributed by atoms with van der Waals surface area (Å²) in [7, 11) is -3.36. The molecular formula is C22H21N3O4S. The van der Waals surface area contributed by atoms with Crippen molar-refractivity contribution in [2.24, 2.45) is 0 Å². The van der Waals surface area contributed by atoms with Crippen molar-refractivity contribution in [3.8, 4) is 11.5 Å². The Morgan fingerprint density at radius 2 is 1.97 bits per heavy atom. The molecule has 1 heterocycles. The molecule has 2 N–H and O–H groups in total. The molecule has 30 heavy (non-hydrogen) atoms. The summed E-state index contributed by atoms with van der Waals surface area (Å²) in [6.07, 6.45) is 3.88. The zero-order valence-corrected chi connectivity index (χ0v) is 17.4. The first kappa shape index (κ1) is 21.2. The fourth-order valence-corrected chi connectivity index (χ4v) is 3.57. The van der Waals surface area contributed by atoms with Crippen LogP contribution in [0, 0.1) is 12.3 Å². The number of allylic oxidation sites excluding steroid dienone is 1. The van der Waals surface area contributed by atoms with Gasteiger partial charge in [0, 0.05) is 24.1 Å². The van der Waals surface area contributed by atoms with E-state index in [2.05, 4.69) is 16.9 Å². The van der Waals surface area contributed by atoms with Gasteiger partial charge in [0.05, 0.1) is 22.5 Å². The lowest BCUT2D eigenvalue weighted by Gasteiger charge is -2.13. The van der Waals surface area contributed by atoms with Gasteiger partial charge in [-0.25, -0.2) is 8.42 Å². The number of hydrogen-bond acceptors (Lipinski definition) is 6. The lowest BCUT2D eigenvalue weighted by Crippen LogP contribution is -2.24. The molecule has 0 bridgehead atoms. The normalized spacial score (nSPS) is 11.1. The number of nitrogens with zero attached hydrogens (tertiary/aromatic N) is 1. The summed E-state index contributed by atoms with van der Waals surface area (Å²) in [6.45, 7) is 5.40. The molecule has 2 aromatic carbocycles. The maximum Gasteiger partial charge on any atom is 0.228 e. The molecule has 1 aromatic heterocycles. The molecule has 0 atom stereocenters. The van der Waals surface area contributed by atoms with Crippen LogP contribution >= 0.6 is 0 Å². The topological polar surface area (TPSA) is 109 Å². The SMILES string of the molecule is C=C(C=N)NC(=O)Cc1ccc(Oc2ccnc3ccc(S(C)(=O)=O)cc23)c(C)c1. The maximum absolute atomic E-state index is 12.0. The highest BCUT2D eigenvalue weighted by Crippen LogP contribution is 2.32. The number of hydrogen-bond donors (Lipinski definition) is 2. The van der Waals surface area contributed by atoms with Gasteiger partial charge in [-0.15, -0.1) is 0 Å². The molecule has 0 spiro atoms. The van der Waals surface area contributed by atoms with Crippen molar-refractivity contribution in [2.45, 2.75) is 18.2 Å². The van der Waals surface area contributed by atoms with E-state index in [0.29, 0.717) is 22.4 Å². The van der Waals surface area contributed by atoms with Crippen molar-refractivity contribution < 1.29 is 17.9 Å². The number of pyridine rings is 1. The lowest BCUT2D eigenvalue weighted by atomic mass is 10.1. The molecule has 0 aliphatic carbocycles. The second-order valence-corrected chi connectivity index (χ2v) is 8.87. The van der Waals surface area contributed by atoms with Crippen molar-refractivity contribution in [2.75, 3.05) is 6.26 Å². The number of aromatic nitrogens is 1. The molecule has 0 saturated carbocycles. The van der Waals surface area contributed by atoms with Gasteiger partial charge in [-0.05, 0) is 48.4 Å². The molecule has 8 heteroatoms. The Bertz CT molecular complexity index is 1270. The predicted octanol–water partition coefficient (Wildman–Crippen LogP) is 3.56. The number of carbonyl (C=O) groups is 1. The van der Waals surface area contributed by atoms with E-state index < -0.39 is 9.84 Å². The van der Waals surface area contributed by atoms with Gasteiger partial charge in [0.15, 0.2) is 9.84 Å². The van der Waals surface area contributed by atoms with Crippen LogP contribution in [0.25, 0.3) is 10.9 Å². The number of nitrogens with one attached hydrogen (secondary N) is 2. The Kier molecular flexibility index (Phi) is 5.98. The lowest BCUT2D eigenvalue weighted by molar-refractivity contribution is -0.119. The third-order valence-corrected chi connectivity index (χ3v) is 5.51. The summed E-state index contributed by atoms with van der Waals surface area (Å²) in [4.78, 5) is 16.4. The van der Waals surface area contributed by atoms with Gasteiger partial charge in [0.1, 0.15) is 11.5 Å². The fourth-order valence-electron chi connectivity index (χ4n) is 2.92. The van der Waals surface area contributed by atoms with Gasteiger partial charge in [-0.3, -0.25) is 9.78 Å². The van der Waals surface area contributed by atoms with E-state index in [1.54, 1.807) is 36.5 Å². The minimum absolute atomic E-state index is 0.143. The Hall–Kier alpha value is -3.52. The van der Waals surface area contributed by atoms with Crippen molar-refractivity contribution >= 4 is 32.9 Å². The Balaban J connectivity index is 1.88. The summed E-state index contributed by atoms with van der Waals surface area (Å²) in [5.41, 5.74) is 2.46. The molecule has 154 valence electrons. The maximum atomic E-state index is 12.0. The third-order valence-electron chi connectivity index (χ3n) is 4.40. The standard InChI is InChI=1S/C22H21N3O4S/c1-14-10-16(11-22(26)25-15(2)13-23)4-7-20(14)29-21-8-9-24-19-6-5-17(12-18(19)21)30(3,27)28/h4-10,12-13,23H,2,11H2,1,3H3,(H,25,26). The quantitative estimate of drug-likeness (QED) is 0.565. The van der Waals surface area contributed by atoms with Crippen LogP contribution in [0.3, 0.4) is 0 Å². The molecule has 7 nitrogen and oxygen atoms in total. The van der Waals surface area contributed by atoms with Gasteiger partial charge < -0.3 is 15.5 Å². The zero-order valence-electron chi connectivity index (χ0n) is 16.6. The number of carbonyl (C=O) groups excluding carboxylic acids is 1.